The van der Waals surface area contributed by atoms with Crippen LogP contribution >= 0.6 is 11.8 Å². The highest BCUT2D eigenvalue weighted by atomic mass is 32.2. The Balaban J connectivity index is 1.86. The monoisotopic (exact) mass is 471 g/mol. The minimum atomic E-state index is -3.88. The lowest BCUT2D eigenvalue weighted by Crippen LogP contribution is -2.19. The maximum Gasteiger partial charge on any atom is 0.328 e. The van der Waals surface area contributed by atoms with Crippen molar-refractivity contribution < 1.29 is 12.8 Å². The molecule has 0 aliphatic heterocycles. The molecule has 1 aromatic heterocycles. The molecule has 4 aromatic rings. The van der Waals surface area contributed by atoms with E-state index in [2.05, 4.69) is 4.72 Å². The van der Waals surface area contributed by atoms with Gasteiger partial charge in [-0.05, 0) is 61.9 Å². The zero-order valence-corrected chi connectivity index (χ0v) is 19.6. The quantitative estimate of drug-likeness (QED) is 0.462. The second-order valence-corrected chi connectivity index (χ2v) is 10.4. The molecule has 1 heterocycles. The van der Waals surface area contributed by atoms with Gasteiger partial charge in [0.1, 0.15) is 5.82 Å². The zero-order chi connectivity index (χ0) is 23.2. The number of anilines is 1. The summed E-state index contributed by atoms with van der Waals surface area (Å²) in [4.78, 5) is 13.9. The fourth-order valence-electron chi connectivity index (χ4n) is 3.62. The van der Waals surface area contributed by atoms with E-state index in [1.54, 1.807) is 57.4 Å². The van der Waals surface area contributed by atoms with E-state index in [0.29, 0.717) is 27.2 Å². The molecule has 0 atom stereocenters. The summed E-state index contributed by atoms with van der Waals surface area (Å²) in [7, 11) is -0.583. The molecule has 0 bridgehead atoms. The standard InChI is InChI=1S/C23H22FN3O3S2/c1-14-5-10-22(15(2)11-14)32(29,30)25-18-12-19-20(27(4)23(28)26(19)3)13-21(18)31-17-8-6-16(24)7-9-17/h5-13,25H,1-4H3. The number of nitrogens with zero attached hydrogens (tertiary/aromatic N) is 2. The van der Waals surface area contributed by atoms with E-state index in [1.165, 1.54) is 33.0 Å². The average molecular weight is 472 g/mol. The second kappa shape index (κ2) is 8.14. The van der Waals surface area contributed by atoms with Gasteiger partial charge in [-0.15, -0.1) is 0 Å². The number of fused-ring (bicyclic) bond motifs is 1. The van der Waals surface area contributed by atoms with Crippen LogP contribution in [0.4, 0.5) is 10.1 Å². The topological polar surface area (TPSA) is 73.1 Å². The molecule has 1 N–H and O–H groups in total. The molecular formula is C23H22FN3O3S2. The van der Waals surface area contributed by atoms with Gasteiger partial charge in [-0.2, -0.15) is 0 Å². The third-order valence-electron chi connectivity index (χ3n) is 5.28. The number of aromatic nitrogens is 2. The predicted octanol–water partition coefficient (Wildman–Crippen LogP) is 4.58. The number of benzene rings is 3. The van der Waals surface area contributed by atoms with Crippen LogP contribution in [-0.4, -0.2) is 17.6 Å². The van der Waals surface area contributed by atoms with Crippen molar-refractivity contribution in [1.29, 1.82) is 0 Å². The highest BCUT2D eigenvalue weighted by Crippen LogP contribution is 2.37. The lowest BCUT2D eigenvalue weighted by molar-refractivity contribution is 0.600. The van der Waals surface area contributed by atoms with Crippen LogP contribution in [-0.2, 0) is 24.1 Å². The van der Waals surface area contributed by atoms with Crippen LogP contribution in [0.15, 0.2) is 74.1 Å². The molecule has 0 saturated heterocycles. The molecule has 6 nitrogen and oxygen atoms in total. The zero-order valence-electron chi connectivity index (χ0n) is 18.0. The second-order valence-electron chi connectivity index (χ2n) is 7.67. The van der Waals surface area contributed by atoms with Crippen molar-refractivity contribution in [3.05, 3.63) is 82.0 Å². The van der Waals surface area contributed by atoms with Crippen LogP contribution in [0.1, 0.15) is 11.1 Å². The number of nitrogens with one attached hydrogen (secondary N) is 1. The van der Waals surface area contributed by atoms with Crippen LogP contribution < -0.4 is 10.4 Å². The van der Waals surface area contributed by atoms with Crippen molar-refractivity contribution in [1.82, 2.24) is 9.13 Å². The minimum absolute atomic E-state index is 0.183. The van der Waals surface area contributed by atoms with Gasteiger partial charge in [0.25, 0.3) is 10.0 Å². The summed E-state index contributed by atoms with van der Waals surface area (Å²) < 4.78 is 45.5. The van der Waals surface area contributed by atoms with Gasteiger partial charge in [0, 0.05) is 23.9 Å². The first kappa shape index (κ1) is 22.2. The maximum atomic E-state index is 13.3. The first-order valence-corrected chi connectivity index (χ1v) is 12.1. The Bertz CT molecular complexity index is 1500. The van der Waals surface area contributed by atoms with Crippen LogP contribution in [0.5, 0.6) is 0 Å². The molecule has 0 aliphatic rings. The fourth-order valence-corrected chi connectivity index (χ4v) is 5.90. The van der Waals surface area contributed by atoms with Crippen LogP contribution in [0, 0.1) is 19.7 Å². The third kappa shape index (κ3) is 4.05. The largest absolute Gasteiger partial charge is 0.328 e. The Hall–Kier alpha value is -3.04. The number of imidazole rings is 1. The molecule has 0 aliphatic carbocycles. The Morgan fingerprint density at radius 2 is 1.53 bits per heavy atom. The number of halogens is 1. The molecule has 0 saturated carbocycles. The molecule has 32 heavy (non-hydrogen) atoms. The molecule has 166 valence electrons. The summed E-state index contributed by atoms with van der Waals surface area (Å²) in [6.07, 6.45) is 0. The van der Waals surface area contributed by atoms with Crippen molar-refractivity contribution in [3.8, 4) is 0 Å². The number of hydrogen-bond acceptors (Lipinski definition) is 4. The Labute approximate surface area is 189 Å². The van der Waals surface area contributed by atoms with Crippen LogP contribution in [0.3, 0.4) is 0 Å². The van der Waals surface area contributed by atoms with Crippen LogP contribution in [0.2, 0.25) is 0 Å². The average Bonchev–Trinajstić information content (AvgIpc) is 2.93. The van der Waals surface area contributed by atoms with Gasteiger partial charge in [0.15, 0.2) is 0 Å². The molecule has 9 heteroatoms. The smallest absolute Gasteiger partial charge is 0.295 e. The summed E-state index contributed by atoms with van der Waals surface area (Å²) in [5, 5.41) is 0. The Morgan fingerprint density at radius 1 is 0.906 bits per heavy atom. The molecule has 0 radical (unpaired) electrons. The SMILES string of the molecule is Cc1ccc(S(=O)(=O)Nc2cc3c(cc2Sc2ccc(F)cc2)n(C)c(=O)n3C)c(C)c1. The van der Waals surface area contributed by atoms with E-state index in [0.717, 1.165) is 10.5 Å². The molecule has 4 rings (SSSR count). The normalized spacial score (nSPS) is 11.8. The van der Waals surface area contributed by atoms with Crippen molar-refractivity contribution in [3.63, 3.8) is 0 Å². The Morgan fingerprint density at radius 3 is 2.16 bits per heavy atom. The molecule has 0 amide bonds. The van der Waals surface area contributed by atoms with Gasteiger partial charge in [-0.25, -0.2) is 17.6 Å². The molecule has 0 fully saturated rings. The third-order valence-corrected chi connectivity index (χ3v) is 7.87. The summed E-state index contributed by atoms with van der Waals surface area (Å²) in [6.45, 7) is 3.65. The summed E-state index contributed by atoms with van der Waals surface area (Å²) >= 11 is 1.29. The molecular weight excluding hydrogens is 449 g/mol. The van der Waals surface area contributed by atoms with E-state index in [4.69, 9.17) is 0 Å². The van der Waals surface area contributed by atoms with Gasteiger partial charge >= 0.3 is 5.69 Å². The van der Waals surface area contributed by atoms with Crippen LogP contribution in [0.25, 0.3) is 11.0 Å². The van der Waals surface area contributed by atoms with E-state index in [9.17, 15) is 17.6 Å². The lowest BCUT2D eigenvalue weighted by atomic mass is 10.2. The Kier molecular flexibility index (Phi) is 5.64. The lowest BCUT2D eigenvalue weighted by Gasteiger charge is -2.15. The molecule has 0 spiro atoms. The van der Waals surface area contributed by atoms with Gasteiger partial charge < -0.3 is 0 Å². The predicted molar refractivity (Wildman–Crippen MR) is 125 cm³/mol. The fraction of sp³-hybridized carbons (Fsp3) is 0.174. The summed E-state index contributed by atoms with van der Waals surface area (Å²) in [5.41, 5.74) is 2.99. The van der Waals surface area contributed by atoms with E-state index >= 15 is 0 Å². The number of sulfonamides is 1. The van der Waals surface area contributed by atoms with Crippen molar-refractivity contribution >= 4 is 38.5 Å². The summed E-state index contributed by atoms with van der Waals surface area (Å²) in [5.74, 6) is -0.356. The minimum Gasteiger partial charge on any atom is -0.295 e. The highest BCUT2D eigenvalue weighted by molar-refractivity contribution is 7.99. The van der Waals surface area contributed by atoms with Crippen molar-refractivity contribution in [2.75, 3.05) is 4.72 Å². The first-order chi connectivity index (χ1) is 15.1. The molecule has 0 unspecified atom stereocenters. The van der Waals surface area contributed by atoms with Gasteiger partial charge in [-0.3, -0.25) is 13.9 Å². The number of rotatable bonds is 5. The van der Waals surface area contributed by atoms with Gasteiger partial charge in [-0.1, -0.05) is 29.5 Å². The first-order valence-electron chi connectivity index (χ1n) is 9.80. The maximum absolute atomic E-state index is 13.3. The number of hydrogen-bond donors (Lipinski definition) is 1. The van der Waals surface area contributed by atoms with Crippen molar-refractivity contribution in [2.24, 2.45) is 14.1 Å². The van der Waals surface area contributed by atoms with E-state index in [-0.39, 0.29) is 16.4 Å². The van der Waals surface area contributed by atoms with E-state index in [1.807, 2.05) is 13.0 Å². The highest BCUT2D eigenvalue weighted by Gasteiger charge is 2.21. The van der Waals surface area contributed by atoms with Crippen molar-refractivity contribution in [2.45, 2.75) is 28.5 Å². The van der Waals surface area contributed by atoms with E-state index < -0.39 is 10.0 Å². The summed E-state index contributed by atoms with van der Waals surface area (Å²) in [6, 6.07) is 14.5. The van der Waals surface area contributed by atoms with Gasteiger partial charge in [0.05, 0.1) is 21.6 Å². The number of aryl methyl sites for hydroxylation is 4. The molecule has 3 aromatic carbocycles. The van der Waals surface area contributed by atoms with Gasteiger partial charge in [0.2, 0.25) is 0 Å².